The highest BCUT2D eigenvalue weighted by Crippen LogP contribution is 2.34. The molecule has 0 heterocycles. The van der Waals surface area contributed by atoms with Crippen LogP contribution in [0.1, 0.15) is 30.5 Å². The molecule has 0 aromatic heterocycles. The molecule has 0 aliphatic carbocycles. The Kier molecular flexibility index (Phi) is 2.78. The summed E-state index contributed by atoms with van der Waals surface area (Å²) in [6.45, 7) is 8.92. The summed E-state index contributed by atoms with van der Waals surface area (Å²) in [6.07, 6.45) is 1.81. The van der Waals surface area contributed by atoms with Crippen molar-refractivity contribution >= 4 is 16.8 Å². The Morgan fingerprint density at radius 2 is 1.88 bits per heavy atom. The summed E-state index contributed by atoms with van der Waals surface area (Å²) in [7, 11) is 0. The number of fused-ring (bicyclic) bond motifs is 1. The fourth-order valence-corrected chi connectivity index (χ4v) is 2.37. The second kappa shape index (κ2) is 3.99. The Bertz CT molecular complexity index is 574. The molecule has 0 aliphatic heterocycles. The zero-order chi connectivity index (χ0) is 12.6. The number of rotatable bonds is 2. The molecule has 88 valence electrons. The van der Waals surface area contributed by atoms with E-state index in [2.05, 4.69) is 6.58 Å². The molecule has 0 atom stereocenters. The molecular formula is C16H17F. The highest BCUT2D eigenvalue weighted by molar-refractivity contribution is 5.89. The van der Waals surface area contributed by atoms with Crippen LogP contribution in [-0.4, -0.2) is 0 Å². The van der Waals surface area contributed by atoms with Crippen LogP contribution in [0.4, 0.5) is 4.39 Å². The Labute approximate surface area is 102 Å². The van der Waals surface area contributed by atoms with E-state index >= 15 is 0 Å². The van der Waals surface area contributed by atoms with Crippen molar-refractivity contribution in [1.82, 2.24) is 0 Å². The molecule has 0 N–H and O–H groups in total. The van der Waals surface area contributed by atoms with Crippen molar-refractivity contribution in [3.05, 3.63) is 53.6 Å². The molecule has 2 aromatic rings. The van der Waals surface area contributed by atoms with E-state index in [1.54, 1.807) is 19.9 Å². The SMILES string of the molecule is C=Cc1ccc2c(C(C)(C)F)c(C)ccc2c1. The maximum Gasteiger partial charge on any atom is 0.131 e. The van der Waals surface area contributed by atoms with Crippen molar-refractivity contribution in [2.45, 2.75) is 26.4 Å². The van der Waals surface area contributed by atoms with Crippen LogP contribution in [0.15, 0.2) is 36.9 Å². The average molecular weight is 228 g/mol. The summed E-state index contributed by atoms with van der Waals surface area (Å²) in [5.74, 6) is 0. The summed E-state index contributed by atoms with van der Waals surface area (Å²) >= 11 is 0. The Morgan fingerprint density at radius 1 is 1.18 bits per heavy atom. The third-order valence-electron chi connectivity index (χ3n) is 3.08. The minimum Gasteiger partial charge on any atom is -0.239 e. The van der Waals surface area contributed by atoms with Crippen molar-refractivity contribution in [3.8, 4) is 0 Å². The lowest BCUT2D eigenvalue weighted by molar-refractivity contribution is 0.222. The van der Waals surface area contributed by atoms with Crippen molar-refractivity contribution < 1.29 is 4.39 Å². The number of hydrogen-bond acceptors (Lipinski definition) is 0. The van der Waals surface area contributed by atoms with Gasteiger partial charge in [-0.05, 0) is 54.3 Å². The fourth-order valence-electron chi connectivity index (χ4n) is 2.37. The lowest BCUT2D eigenvalue weighted by Gasteiger charge is -2.20. The van der Waals surface area contributed by atoms with E-state index in [0.717, 1.165) is 27.5 Å². The molecule has 0 saturated carbocycles. The molecule has 0 radical (unpaired) electrons. The van der Waals surface area contributed by atoms with Gasteiger partial charge >= 0.3 is 0 Å². The molecule has 0 bridgehead atoms. The van der Waals surface area contributed by atoms with Gasteiger partial charge in [-0.1, -0.05) is 36.9 Å². The van der Waals surface area contributed by atoms with Crippen molar-refractivity contribution in [2.75, 3.05) is 0 Å². The van der Waals surface area contributed by atoms with Gasteiger partial charge in [-0.2, -0.15) is 0 Å². The van der Waals surface area contributed by atoms with E-state index in [-0.39, 0.29) is 0 Å². The highest BCUT2D eigenvalue weighted by atomic mass is 19.1. The normalized spacial score (nSPS) is 11.8. The Morgan fingerprint density at radius 3 is 2.47 bits per heavy atom. The van der Waals surface area contributed by atoms with Crippen LogP contribution < -0.4 is 0 Å². The summed E-state index contributed by atoms with van der Waals surface area (Å²) < 4.78 is 14.3. The third-order valence-corrected chi connectivity index (χ3v) is 3.08. The number of hydrogen-bond donors (Lipinski definition) is 0. The molecule has 0 fully saturated rings. The van der Waals surface area contributed by atoms with Gasteiger partial charge in [0.2, 0.25) is 0 Å². The minimum absolute atomic E-state index is 0.783. The van der Waals surface area contributed by atoms with Gasteiger partial charge in [0.15, 0.2) is 0 Å². The molecule has 0 saturated heterocycles. The van der Waals surface area contributed by atoms with Crippen LogP contribution in [-0.2, 0) is 5.67 Å². The maximum absolute atomic E-state index is 14.3. The lowest BCUT2D eigenvalue weighted by Crippen LogP contribution is -2.11. The first-order valence-corrected chi connectivity index (χ1v) is 5.78. The second-order valence-corrected chi connectivity index (χ2v) is 4.91. The van der Waals surface area contributed by atoms with E-state index in [0.29, 0.717) is 0 Å². The third kappa shape index (κ3) is 2.10. The number of benzene rings is 2. The Hall–Kier alpha value is -1.63. The van der Waals surface area contributed by atoms with Gasteiger partial charge in [0, 0.05) is 0 Å². The van der Waals surface area contributed by atoms with Crippen LogP contribution >= 0.6 is 0 Å². The molecule has 2 aromatic carbocycles. The maximum atomic E-state index is 14.3. The monoisotopic (exact) mass is 228 g/mol. The van der Waals surface area contributed by atoms with Crippen molar-refractivity contribution in [3.63, 3.8) is 0 Å². The first-order valence-electron chi connectivity index (χ1n) is 5.78. The summed E-state index contributed by atoms with van der Waals surface area (Å²) in [5, 5.41) is 2.05. The second-order valence-electron chi connectivity index (χ2n) is 4.91. The first-order chi connectivity index (χ1) is 7.93. The van der Waals surface area contributed by atoms with E-state index < -0.39 is 5.67 Å². The van der Waals surface area contributed by atoms with Gasteiger partial charge < -0.3 is 0 Å². The number of alkyl halides is 1. The lowest BCUT2D eigenvalue weighted by atomic mass is 9.89. The van der Waals surface area contributed by atoms with Gasteiger partial charge in [0.05, 0.1) is 0 Å². The Balaban J connectivity index is 2.82. The van der Waals surface area contributed by atoms with Crippen LogP contribution in [0.3, 0.4) is 0 Å². The molecule has 17 heavy (non-hydrogen) atoms. The molecule has 2 rings (SSSR count). The quantitative estimate of drug-likeness (QED) is 0.678. The van der Waals surface area contributed by atoms with Crippen LogP contribution in [0.2, 0.25) is 0 Å². The molecule has 1 heteroatoms. The topological polar surface area (TPSA) is 0 Å². The summed E-state index contributed by atoms with van der Waals surface area (Å²) in [5.41, 5.74) is 1.52. The van der Waals surface area contributed by atoms with Crippen molar-refractivity contribution in [1.29, 1.82) is 0 Å². The zero-order valence-electron chi connectivity index (χ0n) is 10.5. The standard InChI is InChI=1S/C16H17F/c1-5-12-7-9-14-13(10-12)8-6-11(2)15(14)16(3,4)17/h5-10H,1H2,2-4H3. The van der Waals surface area contributed by atoms with E-state index in [9.17, 15) is 4.39 Å². The summed E-state index contributed by atoms with van der Waals surface area (Å²) in [6, 6.07) is 10.0. The smallest absolute Gasteiger partial charge is 0.131 e. The van der Waals surface area contributed by atoms with Crippen molar-refractivity contribution in [2.24, 2.45) is 0 Å². The van der Waals surface area contributed by atoms with E-state index in [4.69, 9.17) is 0 Å². The highest BCUT2D eigenvalue weighted by Gasteiger charge is 2.23. The molecule has 0 nitrogen and oxygen atoms in total. The predicted molar refractivity (Wildman–Crippen MR) is 72.9 cm³/mol. The van der Waals surface area contributed by atoms with Gasteiger partial charge in [0.1, 0.15) is 5.67 Å². The van der Waals surface area contributed by atoms with Gasteiger partial charge in [-0.3, -0.25) is 0 Å². The molecular weight excluding hydrogens is 211 g/mol. The van der Waals surface area contributed by atoms with Gasteiger partial charge in [-0.15, -0.1) is 0 Å². The van der Waals surface area contributed by atoms with Crippen LogP contribution in [0, 0.1) is 6.92 Å². The predicted octanol–water partition coefficient (Wildman–Crippen LogP) is 5.00. The zero-order valence-corrected chi connectivity index (χ0v) is 10.5. The van der Waals surface area contributed by atoms with E-state index in [1.807, 2.05) is 37.3 Å². The van der Waals surface area contributed by atoms with Crippen LogP contribution in [0.5, 0.6) is 0 Å². The number of aryl methyl sites for hydroxylation is 1. The van der Waals surface area contributed by atoms with E-state index in [1.165, 1.54) is 0 Å². The largest absolute Gasteiger partial charge is 0.239 e. The fraction of sp³-hybridized carbons (Fsp3) is 0.250. The molecule has 0 spiro atoms. The molecule has 0 amide bonds. The molecule has 0 unspecified atom stereocenters. The average Bonchev–Trinajstić information content (AvgIpc) is 2.26. The molecule has 0 aliphatic rings. The van der Waals surface area contributed by atoms with Gasteiger partial charge in [0.25, 0.3) is 0 Å². The summed E-state index contributed by atoms with van der Waals surface area (Å²) in [4.78, 5) is 0. The van der Waals surface area contributed by atoms with Crippen LogP contribution in [0.25, 0.3) is 16.8 Å². The first kappa shape index (κ1) is 11.8. The van der Waals surface area contributed by atoms with Gasteiger partial charge in [-0.25, -0.2) is 4.39 Å². The number of halogens is 1. The minimum atomic E-state index is -1.32.